The van der Waals surface area contributed by atoms with Gasteiger partial charge in [0.1, 0.15) is 11.3 Å². The number of aryl methyl sites for hydroxylation is 2. The Morgan fingerprint density at radius 3 is 2.48 bits per heavy atom. The van der Waals surface area contributed by atoms with Crippen LogP contribution in [0.1, 0.15) is 53.6 Å². The minimum absolute atomic E-state index is 0.218. The Morgan fingerprint density at radius 1 is 1.24 bits per heavy atom. The Kier molecular flexibility index (Phi) is 6.33. The summed E-state index contributed by atoms with van der Waals surface area (Å²) in [5.41, 5.74) is 1.89. The number of carbonyl (C=O) groups is 2. The van der Waals surface area contributed by atoms with E-state index in [0.717, 1.165) is 6.42 Å². The summed E-state index contributed by atoms with van der Waals surface area (Å²) in [6, 6.07) is 10.0. The number of nitrogens with zero attached hydrogens (tertiary/aromatic N) is 1. The molecule has 0 saturated carbocycles. The molecule has 0 fully saturated rings. The van der Waals surface area contributed by atoms with Crippen LogP contribution >= 0.6 is 0 Å². The molecular formula is C19H24N2O4. The summed E-state index contributed by atoms with van der Waals surface area (Å²) in [5, 5.41) is 6.57. The van der Waals surface area contributed by atoms with Crippen molar-refractivity contribution in [2.75, 3.05) is 6.54 Å². The molecule has 1 aromatic heterocycles. The molecule has 6 heteroatoms. The first-order chi connectivity index (χ1) is 11.9. The number of carbonyl (C=O) groups excluding carboxylic acids is 2. The number of benzene rings is 1. The highest BCUT2D eigenvalue weighted by Gasteiger charge is 2.24. The van der Waals surface area contributed by atoms with E-state index < -0.39 is 12.1 Å². The van der Waals surface area contributed by atoms with E-state index in [2.05, 4.69) is 17.4 Å². The van der Waals surface area contributed by atoms with E-state index in [9.17, 15) is 9.59 Å². The van der Waals surface area contributed by atoms with Crippen LogP contribution in [0, 0.1) is 13.8 Å². The standard InChI is InChI=1S/C19H24N2O4/c1-5-15(16-9-7-6-8-10-16)11-20-18(22)14(4)24-19(23)17-12(2)21-25-13(17)3/h6-10,14-15H,5,11H2,1-4H3,(H,20,22)/t14-,15+/m1/s1. The maximum Gasteiger partial charge on any atom is 0.344 e. The lowest BCUT2D eigenvalue weighted by atomic mass is 9.96. The van der Waals surface area contributed by atoms with Crippen LogP contribution in [0.4, 0.5) is 0 Å². The molecule has 2 atom stereocenters. The molecular weight excluding hydrogens is 320 g/mol. The molecule has 1 N–H and O–H groups in total. The zero-order valence-electron chi connectivity index (χ0n) is 15.0. The second kappa shape index (κ2) is 8.46. The van der Waals surface area contributed by atoms with Crippen LogP contribution in [0.5, 0.6) is 0 Å². The fraction of sp³-hybridized carbons (Fsp3) is 0.421. The zero-order valence-corrected chi connectivity index (χ0v) is 15.0. The third-order valence-electron chi connectivity index (χ3n) is 4.18. The van der Waals surface area contributed by atoms with E-state index in [-0.39, 0.29) is 17.4 Å². The Hall–Kier alpha value is -2.63. The number of amides is 1. The Labute approximate surface area is 147 Å². The fourth-order valence-corrected chi connectivity index (χ4v) is 2.64. The molecule has 0 spiro atoms. The minimum atomic E-state index is -0.894. The van der Waals surface area contributed by atoms with Crippen LogP contribution in [0.15, 0.2) is 34.9 Å². The monoisotopic (exact) mass is 344 g/mol. The molecule has 134 valence electrons. The van der Waals surface area contributed by atoms with Crippen LogP contribution in [0.2, 0.25) is 0 Å². The Balaban J connectivity index is 1.91. The van der Waals surface area contributed by atoms with Gasteiger partial charge in [-0.2, -0.15) is 0 Å². The summed E-state index contributed by atoms with van der Waals surface area (Å²) in [7, 11) is 0. The van der Waals surface area contributed by atoms with E-state index in [1.807, 2.05) is 30.3 Å². The summed E-state index contributed by atoms with van der Waals surface area (Å²) in [6.07, 6.45) is 0.00634. The molecule has 0 aliphatic heterocycles. The number of hydrogen-bond acceptors (Lipinski definition) is 5. The van der Waals surface area contributed by atoms with E-state index in [1.165, 1.54) is 5.56 Å². The average Bonchev–Trinajstić information content (AvgIpc) is 2.94. The van der Waals surface area contributed by atoms with Gasteiger partial charge in [-0.3, -0.25) is 4.79 Å². The summed E-state index contributed by atoms with van der Waals surface area (Å²) >= 11 is 0. The number of esters is 1. The Bertz CT molecular complexity index is 705. The second-order valence-electron chi connectivity index (χ2n) is 6.01. The van der Waals surface area contributed by atoms with Crippen molar-refractivity contribution in [2.24, 2.45) is 0 Å². The summed E-state index contributed by atoms with van der Waals surface area (Å²) in [5.74, 6) is -0.329. The zero-order chi connectivity index (χ0) is 18.4. The van der Waals surface area contributed by atoms with E-state index >= 15 is 0 Å². The molecule has 2 aromatic rings. The maximum absolute atomic E-state index is 12.2. The summed E-state index contributed by atoms with van der Waals surface area (Å²) in [4.78, 5) is 24.4. The van der Waals surface area contributed by atoms with E-state index in [0.29, 0.717) is 18.0 Å². The molecule has 1 amide bonds. The van der Waals surface area contributed by atoms with Crippen molar-refractivity contribution in [3.63, 3.8) is 0 Å². The molecule has 1 aromatic carbocycles. The third kappa shape index (κ3) is 4.68. The van der Waals surface area contributed by atoms with Crippen LogP contribution < -0.4 is 5.32 Å². The smallest absolute Gasteiger partial charge is 0.344 e. The lowest BCUT2D eigenvalue weighted by molar-refractivity contribution is -0.129. The van der Waals surface area contributed by atoms with Gasteiger partial charge in [0.05, 0.1) is 5.69 Å². The molecule has 0 radical (unpaired) electrons. The SMILES string of the molecule is CC[C@@H](CNC(=O)[C@@H](C)OC(=O)c1c(C)noc1C)c1ccccc1. The summed E-state index contributed by atoms with van der Waals surface area (Å²) in [6.45, 7) is 7.41. The molecule has 0 saturated heterocycles. The number of aromatic nitrogens is 1. The largest absolute Gasteiger partial charge is 0.449 e. The predicted molar refractivity (Wildman–Crippen MR) is 93.3 cm³/mol. The van der Waals surface area contributed by atoms with E-state index in [1.54, 1.807) is 20.8 Å². The van der Waals surface area contributed by atoms with Crippen molar-refractivity contribution in [1.29, 1.82) is 0 Å². The first-order valence-electron chi connectivity index (χ1n) is 8.40. The van der Waals surface area contributed by atoms with Crippen molar-refractivity contribution in [2.45, 2.75) is 46.1 Å². The molecule has 6 nitrogen and oxygen atoms in total. The number of nitrogens with one attached hydrogen (secondary N) is 1. The predicted octanol–water partition coefficient (Wildman–Crippen LogP) is 3.15. The molecule has 0 aliphatic carbocycles. The van der Waals surface area contributed by atoms with Gasteiger partial charge >= 0.3 is 5.97 Å². The molecule has 0 bridgehead atoms. The molecule has 2 rings (SSSR count). The Morgan fingerprint density at radius 2 is 1.92 bits per heavy atom. The van der Waals surface area contributed by atoms with Gasteiger partial charge in [0, 0.05) is 12.5 Å². The first kappa shape index (κ1) is 18.7. The van der Waals surface area contributed by atoms with Gasteiger partial charge in [-0.05, 0) is 32.8 Å². The normalized spacial score (nSPS) is 13.1. The lowest BCUT2D eigenvalue weighted by Gasteiger charge is -2.18. The van der Waals surface area contributed by atoms with Gasteiger partial charge in [-0.25, -0.2) is 4.79 Å². The van der Waals surface area contributed by atoms with Crippen LogP contribution in [-0.4, -0.2) is 29.7 Å². The van der Waals surface area contributed by atoms with Gasteiger partial charge < -0.3 is 14.6 Å². The van der Waals surface area contributed by atoms with Crippen molar-refractivity contribution in [3.05, 3.63) is 52.9 Å². The molecule has 0 unspecified atom stereocenters. The quantitative estimate of drug-likeness (QED) is 0.780. The minimum Gasteiger partial charge on any atom is -0.449 e. The van der Waals surface area contributed by atoms with Gasteiger partial charge in [-0.1, -0.05) is 42.4 Å². The second-order valence-corrected chi connectivity index (χ2v) is 6.01. The highest BCUT2D eigenvalue weighted by atomic mass is 16.5. The van der Waals surface area contributed by atoms with Crippen molar-refractivity contribution in [3.8, 4) is 0 Å². The third-order valence-corrected chi connectivity index (χ3v) is 4.18. The van der Waals surface area contributed by atoms with Gasteiger partial charge in [0.2, 0.25) is 0 Å². The average molecular weight is 344 g/mol. The highest BCUT2D eigenvalue weighted by molar-refractivity contribution is 5.93. The topological polar surface area (TPSA) is 81.4 Å². The fourth-order valence-electron chi connectivity index (χ4n) is 2.64. The lowest BCUT2D eigenvalue weighted by Crippen LogP contribution is -2.38. The molecule has 25 heavy (non-hydrogen) atoms. The van der Waals surface area contributed by atoms with Crippen LogP contribution in [-0.2, 0) is 9.53 Å². The van der Waals surface area contributed by atoms with Crippen molar-refractivity contribution < 1.29 is 18.8 Å². The molecule has 0 aliphatic rings. The van der Waals surface area contributed by atoms with Gasteiger partial charge in [0.15, 0.2) is 6.10 Å². The molecule has 1 heterocycles. The van der Waals surface area contributed by atoms with Gasteiger partial charge in [-0.15, -0.1) is 0 Å². The van der Waals surface area contributed by atoms with Gasteiger partial charge in [0.25, 0.3) is 5.91 Å². The summed E-state index contributed by atoms with van der Waals surface area (Å²) < 4.78 is 10.2. The number of rotatable bonds is 7. The van der Waals surface area contributed by atoms with E-state index in [4.69, 9.17) is 9.26 Å². The van der Waals surface area contributed by atoms with Crippen LogP contribution in [0.3, 0.4) is 0 Å². The first-order valence-corrected chi connectivity index (χ1v) is 8.40. The maximum atomic E-state index is 12.2. The number of hydrogen-bond donors (Lipinski definition) is 1. The number of ether oxygens (including phenoxy) is 1. The highest BCUT2D eigenvalue weighted by Crippen LogP contribution is 2.18. The van der Waals surface area contributed by atoms with Crippen molar-refractivity contribution in [1.82, 2.24) is 10.5 Å². The van der Waals surface area contributed by atoms with Crippen LogP contribution in [0.25, 0.3) is 0 Å². The van der Waals surface area contributed by atoms with Crippen molar-refractivity contribution >= 4 is 11.9 Å².